The molecule has 3 nitrogen and oxygen atoms in total. The van der Waals surface area contributed by atoms with E-state index in [2.05, 4.69) is 4.98 Å². The summed E-state index contributed by atoms with van der Waals surface area (Å²) in [4.78, 5) is 21.3. The van der Waals surface area contributed by atoms with Crippen LogP contribution in [-0.2, 0) is 17.6 Å². The fourth-order valence-corrected chi connectivity index (χ4v) is 5.01. The quantitative estimate of drug-likeness (QED) is 0.837. The number of likely N-dealkylation sites (N-methyl/N-ethyl adjacent to an activating group) is 1. The minimum atomic E-state index is 0.150. The van der Waals surface area contributed by atoms with Crippen LogP contribution < -0.4 is 0 Å². The molecule has 0 fully saturated rings. The van der Waals surface area contributed by atoms with E-state index in [1.807, 2.05) is 31.0 Å². The average Bonchev–Trinajstić information content (AvgIpc) is 3.02. The molecule has 0 spiro atoms. The van der Waals surface area contributed by atoms with Crippen molar-refractivity contribution in [1.29, 1.82) is 0 Å². The van der Waals surface area contributed by atoms with Gasteiger partial charge in [0.25, 0.3) is 0 Å². The number of aromatic nitrogens is 1. The summed E-state index contributed by atoms with van der Waals surface area (Å²) in [5.41, 5.74) is 1.19. The van der Waals surface area contributed by atoms with Gasteiger partial charge in [-0.3, -0.25) is 4.79 Å². The van der Waals surface area contributed by atoms with Gasteiger partial charge in [-0.1, -0.05) is 11.6 Å². The Hall–Kier alpha value is -0.910. The Morgan fingerprint density at radius 3 is 3.00 bits per heavy atom. The van der Waals surface area contributed by atoms with Crippen LogP contribution in [0.25, 0.3) is 0 Å². The third-order valence-electron chi connectivity index (χ3n) is 3.84. The summed E-state index contributed by atoms with van der Waals surface area (Å²) in [7, 11) is 1.91. The third kappa shape index (κ3) is 3.15. The molecule has 0 saturated carbocycles. The molecule has 0 radical (unpaired) electrons. The van der Waals surface area contributed by atoms with Crippen LogP contribution in [0.4, 0.5) is 0 Å². The van der Waals surface area contributed by atoms with Gasteiger partial charge >= 0.3 is 0 Å². The third-order valence-corrected chi connectivity index (χ3v) is 6.19. The highest BCUT2D eigenvalue weighted by atomic mass is 35.5. The van der Waals surface area contributed by atoms with Crippen molar-refractivity contribution in [1.82, 2.24) is 9.88 Å². The molecule has 1 aliphatic carbocycles. The Bertz CT molecular complexity index is 664. The lowest BCUT2D eigenvalue weighted by atomic mass is 9.97. The molecule has 0 aromatic carbocycles. The smallest absolute Gasteiger partial charge is 0.228 e. The van der Waals surface area contributed by atoms with Gasteiger partial charge in [0, 0.05) is 11.9 Å². The molecule has 0 saturated heterocycles. The predicted molar refractivity (Wildman–Crippen MR) is 88.3 cm³/mol. The minimum absolute atomic E-state index is 0.150. The lowest BCUT2D eigenvalue weighted by Gasteiger charge is -2.30. The van der Waals surface area contributed by atoms with Gasteiger partial charge in [0.2, 0.25) is 5.91 Å². The van der Waals surface area contributed by atoms with E-state index >= 15 is 0 Å². The number of thiophene rings is 1. The number of hydrogen-bond donors (Lipinski definition) is 0. The van der Waals surface area contributed by atoms with Crippen molar-refractivity contribution in [2.45, 2.75) is 38.6 Å². The van der Waals surface area contributed by atoms with Gasteiger partial charge in [0.05, 0.1) is 32.4 Å². The van der Waals surface area contributed by atoms with Gasteiger partial charge < -0.3 is 4.90 Å². The molecule has 0 N–H and O–H groups in total. The molecule has 1 amide bonds. The van der Waals surface area contributed by atoms with Crippen molar-refractivity contribution in [3.05, 3.63) is 36.9 Å². The molecule has 0 aliphatic heterocycles. The van der Waals surface area contributed by atoms with E-state index in [4.69, 9.17) is 11.6 Å². The zero-order chi connectivity index (χ0) is 15.0. The molecule has 1 atom stereocenters. The van der Waals surface area contributed by atoms with E-state index in [-0.39, 0.29) is 11.9 Å². The van der Waals surface area contributed by atoms with Crippen LogP contribution in [0.3, 0.4) is 0 Å². The summed E-state index contributed by atoms with van der Waals surface area (Å²) >= 11 is 9.14. The SMILES string of the molecule is Cc1nc2c(s1)C(N(C)C(=O)Cc1ccc(Cl)s1)CCC2. The van der Waals surface area contributed by atoms with Crippen LogP contribution in [-0.4, -0.2) is 22.8 Å². The van der Waals surface area contributed by atoms with Crippen LogP contribution in [0.1, 0.15) is 39.3 Å². The summed E-state index contributed by atoms with van der Waals surface area (Å²) < 4.78 is 0.735. The fourth-order valence-electron chi connectivity index (χ4n) is 2.78. The summed E-state index contributed by atoms with van der Waals surface area (Å²) in [6, 6.07) is 3.96. The van der Waals surface area contributed by atoms with Crippen molar-refractivity contribution in [3.63, 3.8) is 0 Å². The molecule has 1 unspecified atom stereocenters. The molecule has 112 valence electrons. The van der Waals surface area contributed by atoms with Gasteiger partial charge in [-0.05, 0) is 38.3 Å². The zero-order valence-corrected chi connectivity index (χ0v) is 14.4. The lowest BCUT2D eigenvalue weighted by Crippen LogP contribution is -2.33. The Balaban J connectivity index is 1.76. The lowest BCUT2D eigenvalue weighted by molar-refractivity contribution is -0.131. The topological polar surface area (TPSA) is 33.2 Å². The largest absolute Gasteiger partial charge is 0.338 e. The van der Waals surface area contributed by atoms with Crippen LogP contribution in [0.5, 0.6) is 0 Å². The van der Waals surface area contributed by atoms with E-state index in [0.717, 1.165) is 33.5 Å². The average molecular weight is 341 g/mol. The Morgan fingerprint density at radius 1 is 1.48 bits per heavy atom. The number of hydrogen-bond acceptors (Lipinski definition) is 4. The molecular weight excluding hydrogens is 324 g/mol. The highest BCUT2D eigenvalue weighted by Crippen LogP contribution is 2.37. The standard InChI is InChI=1S/C15H17ClN2OS2/c1-9-17-11-4-3-5-12(15(11)20-9)18(2)14(19)8-10-6-7-13(16)21-10/h6-7,12H,3-5,8H2,1-2H3. The van der Waals surface area contributed by atoms with Gasteiger partial charge in [-0.25, -0.2) is 4.98 Å². The number of fused-ring (bicyclic) bond motifs is 1. The first-order chi connectivity index (χ1) is 10.0. The highest BCUT2D eigenvalue weighted by molar-refractivity contribution is 7.16. The van der Waals surface area contributed by atoms with Crippen LogP contribution >= 0.6 is 34.3 Å². The van der Waals surface area contributed by atoms with Crippen molar-refractivity contribution in [3.8, 4) is 0 Å². The van der Waals surface area contributed by atoms with E-state index in [1.165, 1.54) is 21.9 Å². The Labute approximate surface area is 137 Å². The molecule has 3 rings (SSSR count). The van der Waals surface area contributed by atoms with Crippen LogP contribution in [0.2, 0.25) is 4.34 Å². The van der Waals surface area contributed by atoms with Gasteiger partial charge in [-0.15, -0.1) is 22.7 Å². The monoisotopic (exact) mass is 340 g/mol. The maximum Gasteiger partial charge on any atom is 0.228 e. The first-order valence-electron chi connectivity index (χ1n) is 7.00. The Kier molecular flexibility index (Phi) is 4.33. The molecule has 2 heterocycles. The van der Waals surface area contributed by atoms with Crippen molar-refractivity contribution in [2.75, 3.05) is 7.05 Å². The van der Waals surface area contributed by atoms with Gasteiger partial charge in [-0.2, -0.15) is 0 Å². The number of aryl methyl sites for hydroxylation is 2. The first-order valence-corrected chi connectivity index (χ1v) is 9.02. The van der Waals surface area contributed by atoms with Gasteiger partial charge in [0.15, 0.2) is 0 Å². The number of nitrogens with zero attached hydrogens (tertiary/aromatic N) is 2. The summed E-state index contributed by atoms with van der Waals surface area (Å²) in [6.07, 6.45) is 3.60. The normalized spacial score (nSPS) is 17.6. The summed E-state index contributed by atoms with van der Waals surface area (Å²) in [5, 5.41) is 1.10. The number of halogens is 1. The number of carbonyl (C=O) groups excluding carboxylic acids is 1. The second-order valence-electron chi connectivity index (χ2n) is 5.34. The molecule has 2 aromatic heterocycles. The van der Waals surface area contributed by atoms with Crippen molar-refractivity contribution in [2.24, 2.45) is 0 Å². The molecule has 1 aliphatic rings. The van der Waals surface area contributed by atoms with E-state index < -0.39 is 0 Å². The van der Waals surface area contributed by atoms with Crippen LogP contribution in [0, 0.1) is 6.92 Å². The second kappa shape index (κ2) is 6.07. The number of rotatable bonds is 3. The zero-order valence-electron chi connectivity index (χ0n) is 12.1. The molecule has 0 bridgehead atoms. The maximum absolute atomic E-state index is 12.5. The van der Waals surface area contributed by atoms with Crippen molar-refractivity contribution >= 4 is 40.2 Å². The van der Waals surface area contributed by atoms with Crippen molar-refractivity contribution < 1.29 is 4.79 Å². The molecule has 21 heavy (non-hydrogen) atoms. The van der Waals surface area contributed by atoms with Crippen LogP contribution in [0.15, 0.2) is 12.1 Å². The molecular formula is C15H17ClN2OS2. The first kappa shape index (κ1) is 15.0. The summed E-state index contributed by atoms with van der Waals surface area (Å²) in [6.45, 7) is 2.04. The second-order valence-corrected chi connectivity index (χ2v) is 8.37. The predicted octanol–water partition coefficient (Wildman–Crippen LogP) is 4.24. The highest BCUT2D eigenvalue weighted by Gasteiger charge is 2.29. The van der Waals surface area contributed by atoms with E-state index in [9.17, 15) is 4.79 Å². The molecule has 2 aromatic rings. The fraction of sp³-hybridized carbons (Fsp3) is 0.467. The molecule has 6 heteroatoms. The minimum Gasteiger partial charge on any atom is -0.338 e. The number of amides is 1. The van der Waals surface area contributed by atoms with E-state index in [1.54, 1.807) is 11.3 Å². The summed E-state index contributed by atoms with van der Waals surface area (Å²) in [5.74, 6) is 0.150. The van der Waals surface area contributed by atoms with E-state index in [0.29, 0.717) is 6.42 Å². The number of carbonyl (C=O) groups is 1. The Morgan fingerprint density at radius 2 is 2.29 bits per heavy atom. The number of thiazole rings is 1. The van der Waals surface area contributed by atoms with Gasteiger partial charge in [0.1, 0.15) is 0 Å². The maximum atomic E-state index is 12.5.